The molecule has 0 radical (unpaired) electrons. The molecular weight excluding hydrogens is 392 g/mol. The van der Waals surface area contributed by atoms with Gasteiger partial charge < -0.3 is 15.4 Å². The number of rotatable bonds is 7. The van der Waals surface area contributed by atoms with Gasteiger partial charge in [0.05, 0.1) is 5.56 Å². The Morgan fingerprint density at radius 1 is 1.07 bits per heavy atom. The van der Waals surface area contributed by atoms with Crippen molar-refractivity contribution in [2.24, 2.45) is 5.92 Å². The first-order chi connectivity index (χ1) is 13.8. The molecule has 3 rings (SSSR count). The lowest BCUT2D eigenvalue weighted by Crippen LogP contribution is -2.22. The number of carbonyl (C=O) groups excluding carboxylic acids is 4. The number of thiophene rings is 1. The lowest BCUT2D eigenvalue weighted by Gasteiger charge is -2.09. The minimum absolute atomic E-state index is 0.0155. The van der Waals surface area contributed by atoms with Gasteiger partial charge in [-0.1, -0.05) is 0 Å². The zero-order chi connectivity index (χ0) is 21.1. The quantitative estimate of drug-likeness (QED) is 0.531. The van der Waals surface area contributed by atoms with Crippen molar-refractivity contribution in [3.05, 3.63) is 45.8 Å². The summed E-state index contributed by atoms with van der Waals surface area (Å²) >= 11 is 1.32. The molecule has 7 nitrogen and oxygen atoms in total. The van der Waals surface area contributed by atoms with E-state index in [2.05, 4.69) is 10.6 Å². The smallest absolute Gasteiger partial charge is 0.341 e. The standard InChI is InChI=1S/C21H22N2O5S/c1-11-13(3)29-20(23-19(26)15-4-5-15)18(11)21(27)28-10-17(25)22-16-8-6-14(7-9-16)12(2)24/h6-9,15H,4-5,10H2,1-3H3,(H,22,25)(H,23,26). The molecule has 1 aromatic carbocycles. The van der Waals surface area contributed by atoms with Gasteiger partial charge in [0.15, 0.2) is 12.4 Å². The molecule has 0 spiro atoms. The second-order valence-corrected chi connectivity index (χ2v) is 8.23. The molecule has 2 amide bonds. The van der Waals surface area contributed by atoms with Gasteiger partial charge in [0, 0.05) is 22.0 Å². The minimum Gasteiger partial charge on any atom is -0.452 e. The number of hydrogen-bond acceptors (Lipinski definition) is 6. The molecule has 0 bridgehead atoms. The molecule has 1 aliphatic rings. The molecule has 2 aromatic rings. The maximum absolute atomic E-state index is 12.6. The van der Waals surface area contributed by atoms with Gasteiger partial charge in [0.2, 0.25) is 5.91 Å². The average Bonchev–Trinajstić information content (AvgIpc) is 3.48. The van der Waals surface area contributed by atoms with Crippen molar-refractivity contribution < 1.29 is 23.9 Å². The number of aryl methyl sites for hydroxylation is 1. The molecule has 0 atom stereocenters. The van der Waals surface area contributed by atoms with E-state index in [0.29, 0.717) is 21.8 Å². The van der Waals surface area contributed by atoms with Crippen LogP contribution in [0.4, 0.5) is 10.7 Å². The normalized spacial score (nSPS) is 12.9. The van der Waals surface area contributed by atoms with Gasteiger partial charge in [-0.05, 0) is 63.4 Å². The van der Waals surface area contributed by atoms with E-state index >= 15 is 0 Å². The highest BCUT2D eigenvalue weighted by atomic mass is 32.1. The molecule has 0 aliphatic heterocycles. The predicted molar refractivity (Wildman–Crippen MR) is 111 cm³/mol. The zero-order valence-corrected chi connectivity index (χ0v) is 17.3. The summed E-state index contributed by atoms with van der Waals surface area (Å²) in [4.78, 5) is 48.9. The molecule has 1 fully saturated rings. The maximum Gasteiger partial charge on any atom is 0.341 e. The topological polar surface area (TPSA) is 102 Å². The van der Waals surface area contributed by atoms with Crippen LogP contribution < -0.4 is 10.6 Å². The Bertz CT molecular complexity index is 974. The Morgan fingerprint density at radius 3 is 2.31 bits per heavy atom. The Labute approximate surface area is 172 Å². The Balaban J connectivity index is 1.60. The van der Waals surface area contributed by atoms with Crippen LogP contribution in [-0.2, 0) is 14.3 Å². The van der Waals surface area contributed by atoms with Crippen LogP contribution in [0.1, 0.15) is 50.9 Å². The molecule has 1 aromatic heterocycles. The van der Waals surface area contributed by atoms with Crippen LogP contribution in [0.3, 0.4) is 0 Å². The fourth-order valence-corrected chi connectivity index (χ4v) is 3.76. The van der Waals surface area contributed by atoms with Gasteiger partial charge in [-0.25, -0.2) is 4.79 Å². The summed E-state index contributed by atoms with van der Waals surface area (Å²) in [5.74, 6) is -1.29. The number of benzene rings is 1. The number of ketones is 1. The minimum atomic E-state index is -0.653. The zero-order valence-electron chi connectivity index (χ0n) is 16.5. The summed E-state index contributed by atoms with van der Waals surface area (Å²) in [5.41, 5.74) is 2.06. The first-order valence-corrected chi connectivity index (χ1v) is 10.1. The van der Waals surface area contributed by atoms with Crippen molar-refractivity contribution in [3.8, 4) is 0 Å². The summed E-state index contributed by atoms with van der Waals surface area (Å²) in [6.45, 7) is 4.65. The Hall–Kier alpha value is -3.00. The first-order valence-electron chi connectivity index (χ1n) is 9.25. The van der Waals surface area contributed by atoms with Crippen LogP contribution in [0, 0.1) is 19.8 Å². The van der Waals surface area contributed by atoms with Gasteiger partial charge >= 0.3 is 5.97 Å². The van der Waals surface area contributed by atoms with Crippen LogP contribution in [-0.4, -0.2) is 30.2 Å². The van der Waals surface area contributed by atoms with E-state index in [4.69, 9.17) is 4.74 Å². The SMILES string of the molecule is CC(=O)c1ccc(NC(=O)COC(=O)c2c(NC(=O)C3CC3)sc(C)c2C)cc1. The summed E-state index contributed by atoms with van der Waals surface area (Å²) in [6.07, 6.45) is 1.73. The van der Waals surface area contributed by atoms with E-state index in [1.165, 1.54) is 18.3 Å². The van der Waals surface area contributed by atoms with Crippen LogP contribution in [0.5, 0.6) is 0 Å². The van der Waals surface area contributed by atoms with Crippen LogP contribution in [0.2, 0.25) is 0 Å². The monoisotopic (exact) mass is 414 g/mol. The van der Waals surface area contributed by atoms with Crippen molar-refractivity contribution in [2.45, 2.75) is 33.6 Å². The van der Waals surface area contributed by atoms with Gasteiger partial charge in [-0.3, -0.25) is 14.4 Å². The summed E-state index contributed by atoms with van der Waals surface area (Å²) in [7, 11) is 0. The molecule has 1 aliphatic carbocycles. The van der Waals surface area contributed by atoms with E-state index in [1.54, 1.807) is 31.2 Å². The third-order valence-corrected chi connectivity index (χ3v) is 5.81. The van der Waals surface area contributed by atoms with E-state index in [0.717, 1.165) is 23.3 Å². The molecule has 29 heavy (non-hydrogen) atoms. The third kappa shape index (κ3) is 5.08. The van der Waals surface area contributed by atoms with Crippen molar-refractivity contribution in [1.82, 2.24) is 0 Å². The Morgan fingerprint density at radius 2 is 1.72 bits per heavy atom. The molecular formula is C21H22N2O5S. The molecule has 2 N–H and O–H groups in total. The van der Waals surface area contributed by atoms with Crippen molar-refractivity contribution >= 4 is 45.6 Å². The number of nitrogens with one attached hydrogen (secondary N) is 2. The van der Waals surface area contributed by atoms with Gasteiger partial charge in [0.1, 0.15) is 5.00 Å². The van der Waals surface area contributed by atoms with Crippen molar-refractivity contribution in [1.29, 1.82) is 0 Å². The largest absolute Gasteiger partial charge is 0.452 e. The lowest BCUT2D eigenvalue weighted by molar-refractivity contribution is -0.119. The van der Waals surface area contributed by atoms with E-state index in [1.807, 2.05) is 6.92 Å². The molecule has 0 unspecified atom stereocenters. The second kappa shape index (κ2) is 8.57. The summed E-state index contributed by atoms with van der Waals surface area (Å²) in [6, 6.07) is 6.43. The number of esters is 1. The number of amides is 2. The molecule has 152 valence electrons. The van der Waals surface area contributed by atoms with Crippen molar-refractivity contribution in [2.75, 3.05) is 17.2 Å². The highest BCUT2D eigenvalue weighted by Crippen LogP contribution is 2.36. The lowest BCUT2D eigenvalue weighted by atomic mass is 10.1. The highest BCUT2D eigenvalue weighted by molar-refractivity contribution is 7.16. The number of carbonyl (C=O) groups is 4. The van der Waals surface area contributed by atoms with Gasteiger partial charge in [-0.15, -0.1) is 11.3 Å². The molecule has 1 saturated carbocycles. The van der Waals surface area contributed by atoms with Gasteiger partial charge in [0.25, 0.3) is 5.91 Å². The summed E-state index contributed by atoms with van der Waals surface area (Å²) < 4.78 is 5.17. The Kier molecular flexibility index (Phi) is 6.12. The van der Waals surface area contributed by atoms with E-state index in [9.17, 15) is 19.2 Å². The molecule has 8 heteroatoms. The molecule has 1 heterocycles. The van der Waals surface area contributed by atoms with Crippen LogP contribution in [0.15, 0.2) is 24.3 Å². The number of ether oxygens (including phenoxy) is 1. The highest BCUT2D eigenvalue weighted by Gasteiger charge is 2.31. The number of anilines is 2. The fourth-order valence-electron chi connectivity index (χ4n) is 2.71. The van der Waals surface area contributed by atoms with Gasteiger partial charge in [-0.2, -0.15) is 0 Å². The first kappa shape index (κ1) is 20.7. The average molecular weight is 414 g/mol. The fraction of sp³-hybridized carbons (Fsp3) is 0.333. The van der Waals surface area contributed by atoms with Crippen LogP contribution >= 0.6 is 11.3 Å². The third-order valence-electron chi connectivity index (χ3n) is 4.68. The van der Waals surface area contributed by atoms with Crippen molar-refractivity contribution in [3.63, 3.8) is 0 Å². The van der Waals surface area contributed by atoms with E-state index < -0.39 is 18.5 Å². The maximum atomic E-state index is 12.6. The summed E-state index contributed by atoms with van der Waals surface area (Å²) in [5, 5.41) is 5.88. The van der Waals surface area contributed by atoms with E-state index in [-0.39, 0.29) is 17.6 Å². The molecule has 0 saturated heterocycles. The predicted octanol–water partition coefficient (Wildman–Crippen LogP) is 3.71. The number of hydrogen-bond donors (Lipinski definition) is 2. The second-order valence-electron chi connectivity index (χ2n) is 7.01. The van der Waals surface area contributed by atoms with Crippen LogP contribution in [0.25, 0.3) is 0 Å². The number of Topliss-reactive ketones (excluding diaryl/α,β-unsaturated/α-hetero) is 1.